The van der Waals surface area contributed by atoms with Gasteiger partial charge in [-0.05, 0) is 30.7 Å². The monoisotopic (exact) mass is 372 g/mol. The molecule has 27 heavy (non-hydrogen) atoms. The van der Waals surface area contributed by atoms with Gasteiger partial charge in [-0.3, -0.25) is 29.4 Å². The van der Waals surface area contributed by atoms with E-state index in [-0.39, 0.29) is 13.1 Å². The predicted octanol–water partition coefficient (Wildman–Crippen LogP) is 1.34. The number of pyridine rings is 2. The van der Waals surface area contributed by atoms with Crippen LogP contribution in [-0.2, 0) is 22.7 Å². The highest BCUT2D eigenvalue weighted by molar-refractivity contribution is 5.69. The number of carboxylic acid groups (broad SMARTS) is 2. The van der Waals surface area contributed by atoms with E-state index < -0.39 is 11.9 Å². The van der Waals surface area contributed by atoms with Gasteiger partial charge in [0, 0.05) is 38.6 Å². The summed E-state index contributed by atoms with van der Waals surface area (Å²) in [5, 5.41) is 18.3. The van der Waals surface area contributed by atoms with Gasteiger partial charge in [0.05, 0.1) is 24.5 Å². The average Bonchev–Trinajstić information content (AvgIpc) is 2.62. The smallest absolute Gasteiger partial charge is 0.317 e. The van der Waals surface area contributed by atoms with Crippen LogP contribution in [0, 0.1) is 0 Å². The van der Waals surface area contributed by atoms with Crippen LogP contribution < -0.4 is 0 Å². The summed E-state index contributed by atoms with van der Waals surface area (Å²) in [6, 6.07) is 11.1. The van der Waals surface area contributed by atoms with Crippen LogP contribution in [0.15, 0.2) is 48.8 Å². The Balaban J connectivity index is 1.90. The normalized spacial score (nSPS) is 11.0. The highest BCUT2D eigenvalue weighted by Crippen LogP contribution is 2.05. The van der Waals surface area contributed by atoms with E-state index in [1.165, 1.54) is 0 Å². The van der Waals surface area contributed by atoms with E-state index in [9.17, 15) is 9.59 Å². The third-order valence-electron chi connectivity index (χ3n) is 3.89. The lowest BCUT2D eigenvalue weighted by molar-refractivity contribution is -0.139. The van der Waals surface area contributed by atoms with Gasteiger partial charge >= 0.3 is 11.9 Å². The second-order valence-corrected chi connectivity index (χ2v) is 6.20. The molecule has 0 spiro atoms. The Morgan fingerprint density at radius 3 is 1.56 bits per heavy atom. The molecule has 2 heterocycles. The molecular weight excluding hydrogens is 348 g/mol. The number of hydrogen-bond donors (Lipinski definition) is 2. The number of aliphatic carboxylic acids is 2. The van der Waals surface area contributed by atoms with Crippen molar-refractivity contribution in [3.8, 4) is 0 Å². The summed E-state index contributed by atoms with van der Waals surface area (Å²) in [7, 11) is 0. The summed E-state index contributed by atoms with van der Waals surface area (Å²) in [5.74, 6) is -1.80. The molecule has 0 amide bonds. The van der Waals surface area contributed by atoms with Gasteiger partial charge in [0.2, 0.25) is 0 Å². The van der Waals surface area contributed by atoms with Gasteiger partial charge in [-0.1, -0.05) is 12.1 Å². The Morgan fingerprint density at radius 2 is 1.22 bits per heavy atom. The molecule has 2 rings (SSSR count). The molecule has 0 bridgehead atoms. The fourth-order valence-electron chi connectivity index (χ4n) is 2.77. The number of carboxylic acids is 2. The van der Waals surface area contributed by atoms with Crippen molar-refractivity contribution in [2.45, 2.75) is 19.5 Å². The minimum absolute atomic E-state index is 0.0876. The molecule has 0 saturated heterocycles. The average molecular weight is 372 g/mol. The first-order valence-electron chi connectivity index (χ1n) is 8.71. The van der Waals surface area contributed by atoms with Crippen LogP contribution in [-0.4, -0.2) is 68.1 Å². The molecule has 0 unspecified atom stereocenters. The maximum Gasteiger partial charge on any atom is 0.317 e. The van der Waals surface area contributed by atoms with Crippen molar-refractivity contribution in [2.75, 3.05) is 26.2 Å². The molecule has 0 saturated carbocycles. The summed E-state index contributed by atoms with van der Waals surface area (Å²) in [6.45, 7) is 1.76. The topological polar surface area (TPSA) is 107 Å². The molecule has 0 fully saturated rings. The van der Waals surface area contributed by atoms with E-state index in [2.05, 4.69) is 9.97 Å². The summed E-state index contributed by atoms with van der Waals surface area (Å²) in [6.07, 6.45) is 3.99. The Hall–Kier alpha value is -2.84. The maximum atomic E-state index is 11.1. The minimum atomic E-state index is -0.901. The minimum Gasteiger partial charge on any atom is -0.480 e. The van der Waals surface area contributed by atoms with Crippen molar-refractivity contribution in [1.29, 1.82) is 0 Å². The van der Waals surface area contributed by atoms with Crippen molar-refractivity contribution >= 4 is 11.9 Å². The van der Waals surface area contributed by atoms with E-state index in [1.807, 2.05) is 36.4 Å². The predicted molar refractivity (Wildman–Crippen MR) is 98.9 cm³/mol. The molecule has 8 nitrogen and oxygen atoms in total. The molecule has 0 aliphatic heterocycles. The molecule has 144 valence electrons. The Bertz CT molecular complexity index is 651. The number of nitrogens with zero attached hydrogens (tertiary/aromatic N) is 4. The zero-order valence-corrected chi connectivity index (χ0v) is 15.1. The van der Waals surface area contributed by atoms with Crippen LogP contribution >= 0.6 is 0 Å². The maximum absolute atomic E-state index is 11.1. The highest BCUT2D eigenvalue weighted by Gasteiger charge is 2.14. The summed E-state index contributed by atoms with van der Waals surface area (Å²) >= 11 is 0. The van der Waals surface area contributed by atoms with E-state index in [1.54, 1.807) is 22.2 Å². The van der Waals surface area contributed by atoms with Crippen molar-refractivity contribution in [3.63, 3.8) is 0 Å². The largest absolute Gasteiger partial charge is 0.480 e. The lowest BCUT2D eigenvalue weighted by Crippen LogP contribution is -2.35. The highest BCUT2D eigenvalue weighted by atomic mass is 16.4. The molecule has 0 aliphatic rings. The van der Waals surface area contributed by atoms with E-state index in [0.717, 1.165) is 11.4 Å². The SMILES string of the molecule is O=C(O)CN(CCCN(CC(=O)O)Cc1ccccn1)Cc1ccccn1. The van der Waals surface area contributed by atoms with Gasteiger partial charge in [0.15, 0.2) is 0 Å². The van der Waals surface area contributed by atoms with Gasteiger partial charge in [-0.2, -0.15) is 0 Å². The Kier molecular flexibility index (Phi) is 8.34. The van der Waals surface area contributed by atoms with Gasteiger partial charge in [0.25, 0.3) is 0 Å². The zero-order valence-electron chi connectivity index (χ0n) is 15.1. The van der Waals surface area contributed by atoms with Crippen molar-refractivity contribution in [2.24, 2.45) is 0 Å². The third-order valence-corrected chi connectivity index (χ3v) is 3.89. The second-order valence-electron chi connectivity index (χ2n) is 6.20. The molecule has 2 aromatic rings. The summed E-state index contributed by atoms with van der Waals surface area (Å²) in [4.78, 5) is 34.3. The lowest BCUT2D eigenvalue weighted by Gasteiger charge is -2.23. The first-order chi connectivity index (χ1) is 13.0. The molecule has 0 atom stereocenters. The van der Waals surface area contributed by atoms with Gasteiger partial charge in [0.1, 0.15) is 0 Å². The molecule has 0 aliphatic carbocycles. The summed E-state index contributed by atoms with van der Waals surface area (Å²) < 4.78 is 0. The first kappa shape index (κ1) is 20.5. The first-order valence-corrected chi connectivity index (χ1v) is 8.71. The van der Waals surface area contributed by atoms with Gasteiger partial charge in [-0.25, -0.2) is 0 Å². The second kappa shape index (κ2) is 11.0. The van der Waals surface area contributed by atoms with E-state index in [4.69, 9.17) is 10.2 Å². The molecule has 0 radical (unpaired) electrons. The fraction of sp³-hybridized carbons (Fsp3) is 0.368. The van der Waals surface area contributed by atoms with Crippen molar-refractivity contribution in [3.05, 3.63) is 60.2 Å². The van der Waals surface area contributed by atoms with Crippen molar-refractivity contribution < 1.29 is 19.8 Å². The zero-order chi connectivity index (χ0) is 19.5. The standard InChI is InChI=1S/C19H24N4O4/c24-18(25)14-22(12-16-6-1-3-8-20-16)10-5-11-23(15-19(26)27)13-17-7-2-4-9-21-17/h1-4,6-9H,5,10-15H2,(H,24,25)(H,26,27). The number of hydrogen-bond acceptors (Lipinski definition) is 6. The molecular formula is C19H24N4O4. The Labute approximate surface area is 158 Å². The number of rotatable bonds is 12. The number of carbonyl (C=O) groups is 2. The van der Waals surface area contributed by atoms with E-state index in [0.29, 0.717) is 32.6 Å². The molecule has 2 aromatic heterocycles. The summed E-state index contributed by atoms with van der Waals surface area (Å²) in [5.41, 5.74) is 1.60. The van der Waals surface area contributed by atoms with Crippen LogP contribution in [0.4, 0.5) is 0 Å². The van der Waals surface area contributed by atoms with Crippen LogP contribution in [0.5, 0.6) is 0 Å². The Morgan fingerprint density at radius 1 is 0.778 bits per heavy atom. The number of aromatic nitrogens is 2. The molecule has 8 heteroatoms. The lowest BCUT2D eigenvalue weighted by atomic mass is 10.2. The van der Waals surface area contributed by atoms with Crippen LogP contribution in [0.25, 0.3) is 0 Å². The molecule has 2 N–H and O–H groups in total. The quantitative estimate of drug-likeness (QED) is 0.575. The van der Waals surface area contributed by atoms with Crippen LogP contribution in [0.3, 0.4) is 0 Å². The van der Waals surface area contributed by atoms with Crippen LogP contribution in [0.2, 0.25) is 0 Å². The fourth-order valence-corrected chi connectivity index (χ4v) is 2.77. The van der Waals surface area contributed by atoms with Crippen LogP contribution in [0.1, 0.15) is 17.8 Å². The van der Waals surface area contributed by atoms with Gasteiger partial charge < -0.3 is 10.2 Å². The van der Waals surface area contributed by atoms with Crippen molar-refractivity contribution in [1.82, 2.24) is 19.8 Å². The van der Waals surface area contributed by atoms with Gasteiger partial charge in [-0.15, -0.1) is 0 Å². The molecule has 0 aromatic carbocycles. The van der Waals surface area contributed by atoms with E-state index >= 15 is 0 Å². The third kappa shape index (κ3) is 8.39.